The molecule has 210 valence electrons. The number of nitrogens with zero attached hydrogens (tertiary/aromatic N) is 4. The lowest BCUT2D eigenvalue weighted by molar-refractivity contribution is -0.118. The van der Waals surface area contributed by atoms with Crippen molar-refractivity contribution in [3.63, 3.8) is 0 Å². The second kappa shape index (κ2) is 11.1. The van der Waals surface area contributed by atoms with Gasteiger partial charge in [-0.25, -0.2) is 4.99 Å². The van der Waals surface area contributed by atoms with E-state index in [1.165, 1.54) is 20.9 Å². The normalized spacial score (nSPS) is 18.5. The molecule has 2 amide bonds. The third-order valence-corrected chi connectivity index (χ3v) is 8.21. The summed E-state index contributed by atoms with van der Waals surface area (Å²) in [7, 11) is 1.57. The molecule has 0 saturated carbocycles. The van der Waals surface area contributed by atoms with Crippen LogP contribution in [0.15, 0.2) is 111 Å². The number of allylic oxidation sites excluding steroid dienone is 1. The van der Waals surface area contributed by atoms with Crippen molar-refractivity contribution in [1.82, 2.24) is 4.57 Å². The number of hydrazone groups is 1. The Hall–Kier alpha value is -5.09. The molecule has 6 rings (SSSR count). The molecule has 10 heteroatoms. The Labute approximate surface area is 245 Å². The number of fused-ring (bicyclic) bond motifs is 1. The second-order valence-electron chi connectivity index (χ2n) is 9.91. The number of carbonyl (C=O) groups is 2. The highest BCUT2D eigenvalue weighted by Crippen LogP contribution is 2.32. The maximum Gasteiger partial charge on any atom is 0.270 e. The maximum atomic E-state index is 14.1. The minimum Gasteiger partial charge on any atom is -0.497 e. The van der Waals surface area contributed by atoms with Crippen LogP contribution in [0, 0.1) is 5.92 Å². The van der Waals surface area contributed by atoms with E-state index in [1.807, 2.05) is 66.7 Å². The molecule has 3 aromatic carbocycles. The number of ether oxygens (including phenoxy) is 1. The molecule has 0 saturated heterocycles. The van der Waals surface area contributed by atoms with Crippen LogP contribution in [-0.2, 0) is 9.59 Å². The molecule has 2 aliphatic heterocycles. The Morgan fingerprint density at radius 3 is 2.40 bits per heavy atom. The van der Waals surface area contributed by atoms with Gasteiger partial charge in [-0.3, -0.25) is 19.0 Å². The largest absolute Gasteiger partial charge is 0.497 e. The van der Waals surface area contributed by atoms with E-state index in [1.54, 1.807) is 45.2 Å². The van der Waals surface area contributed by atoms with Crippen LogP contribution >= 0.6 is 11.3 Å². The van der Waals surface area contributed by atoms with Crippen molar-refractivity contribution < 1.29 is 14.3 Å². The van der Waals surface area contributed by atoms with Gasteiger partial charge in [-0.05, 0) is 61.9 Å². The van der Waals surface area contributed by atoms with Crippen LogP contribution in [0.1, 0.15) is 25.5 Å². The molecule has 0 fully saturated rings. The van der Waals surface area contributed by atoms with E-state index < -0.39 is 12.0 Å². The highest BCUT2D eigenvalue weighted by molar-refractivity contribution is 7.07. The summed E-state index contributed by atoms with van der Waals surface area (Å²) in [6.07, 6.45) is 1.65. The SMILES string of the molecule is COc1cccc([C@H]2C(C(=O)Nc3ccccc3)=C(C)N=c3s/c(=C/[C@@H]4C(=O)N(c5ccccc5)N=C4C)c(=O)n32)c1. The molecule has 1 N–H and O–H groups in total. The van der Waals surface area contributed by atoms with E-state index in [9.17, 15) is 14.4 Å². The Morgan fingerprint density at radius 2 is 1.69 bits per heavy atom. The quantitative estimate of drug-likeness (QED) is 0.376. The van der Waals surface area contributed by atoms with E-state index >= 15 is 0 Å². The molecule has 0 radical (unpaired) electrons. The zero-order chi connectivity index (χ0) is 29.4. The minimum atomic E-state index is -0.767. The van der Waals surface area contributed by atoms with Crippen molar-refractivity contribution in [2.24, 2.45) is 16.0 Å². The van der Waals surface area contributed by atoms with Crippen LogP contribution in [0.25, 0.3) is 6.08 Å². The zero-order valence-corrected chi connectivity index (χ0v) is 24.0. The summed E-state index contributed by atoms with van der Waals surface area (Å²) in [6, 6.07) is 24.8. The number of thiazole rings is 1. The second-order valence-corrected chi connectivity index (χ2v) is 10.9. The predicted octanol–water partition coefficient (Wildman–Crippen LogP) is 3.87. The van der Waals surface area contributed by atoms with Crippen molar-refractivity contribution in [1.29, 1.82) is 0 Å². The van der Waals surface area contributed by atoms with Crippen molar-refractivity contribution in [3.8, 4) is 5.75 Å². The standard InChI is InChI=1S/C32H27N5O4S/c1-19-25(30(39)37(35-19)23-14-8-5-9-15-23)18-26-31(40)36-28(21-11-10-16-24(17-21)41-3)27(20(2)33-32(36)42-26)29(38)34-22-12-6-4-7-13-22/h4-18,25,28H,1-3H3,(H,34,38)/b26-18+/t25-,28-/m0/s1. The first kappa shape index (κ1) is 27.1. The van der Waals surface area contributed by atoms with Crippen molar-refractivity contribution in [3.05, 3.63) is 121 Å². The van der Waals surface area contributed by atoms with Gasteiger partial charge in [0.1, 0.15) is 11.7 Å². The number of benzene rings is 3. The number of nitrogens with one attached hydrogen (secondary N) is 1. The monoisotopic (exact) mass is 577 g/mol. The van der Waals surface area contributed by atoms with Crippen molar-refractivity contribution >= 4 is 46.3 Å². The fourth-order valence-corrected chi connectivity index (χ4v) is 6.21. The molecule has 2 atom stereocenters. The Kier molecular flexibility index (Phi) is 7.13. The Balaban J connectivity index is 1.46. The lowest BCUT2D eigenvalue weighted by Crippen LogP contribution is -2.41. The average molecular weight is 578 g/mol. The first-order valence-electron chi connectivity index (χ1n) is 13.3. The molecule has 0 spiro atoms. The van der Waals surface area contributed by atoms with Gasteiger partial charge >= 0.3 is 0 Å². The van der Waals surface area contributed by atoms with Gasteiger partial charge in [-0.15, -0.1) is 0 Å². The minimum absolute atomic E-state index is 0.243. The van der Waals surface area contributed by atoms with Crippen LogP contribution in [0.4, 0.5) is 11.4 Å². The number of hydrogen-bond donors (Lipinski definition) is 1. The molecule has 0 bridgehead atoms. The Morgan fingerprint density at radius 1 is 0.976 bits per heavy atom. The molecule has 2 aliphatic rings. The van der Waals surface area contributed by atoms with Crippen LogP contribution in [0.3, 0.4) is 0 Å². The fraction of sp³-hybridized carbons (Fsp3) is 0.156. The van der Waals surface area contributed by atoms with E-state index in [0.717, 1.165) is 0 Å². The van der Waals surface area contributed by atoms with Gasteiger partial charge in [-0.2, -0.15) is 10.1 Å². The highest BCUT2D eigenvalue weighted by atomic mass is 32.1. The molecule has 42 heavy (non-hydrogen) atoms. The number of anilines is 2. The van der Waals surface area contributed by atoms with Gasteiger partial charge in [0.2, 0.25) is 0 Å². The molecule has 0 aliphatic carbocycles. The molecule has 9 nitrogen and oxygen atoms in total. The van der Waals surface area contributed by atoms with E-state index in [4.69, 9.17) is 4.74 Å². The smallest absolute Gasteiger partial charge is 0.270 e. The summed E-state index contributed by atoms with van der Waals surface area (Å²) in [5.74, 6) is -0.717. The van der Waals surface area contributed by atoms with Gasteiger partial charge in [0.15, 0.2) is 4.80 Å². The topological polar surface area (TPSA) is 105 Å². The third-order valence-electron chi connectivity index (χ3n) is 7.21. The van der Waals surface area contributed by atoms with E-state index in [0.29, 0.717) is 49.0 Å². The lowest BCUT2D eigenvalue weighted by Gasteiger charge is -2.25. The fourth-order valence-electron chi connectivity index (χ4n) is 5.15. The highest BCUT2D eigenvalue weighted by Gasteiger charge is 2.35. The third kappa shape index (κ3) is 4.86. The number of aromatic nitrogens is 1. The maximum absolute atomic E-state index is 14.1. The number of amides is 2. The molecular formula is C32H27N5O4S. The summed E-state index contributed by atoms with van der Waals surface area (Å²) in [6.45, 7) is 3.54. The Bertz CT molecular complexity index is 1940. The summed E-state index contributed by atoms with van der Waals surface area (Å²) in [5, 5.41) is 8.77. The summed E-state index contributed by atoms with van der Waals surface area (Å²) < 4.78 is 7.34. The van der Waals surface area contributed by atoms with Crippen molar-refractivity contribution in [2.75, 3.05) is 17.4 Å². The molecular weight excluding hydrogens is 550 g/mol. The zero-order valence-electron chi connectivity index (χ0n) is 23.1. The molecule has 1 aromatic heterocycles. The van der Waals surface area contributed by atoms with Crippen molar-refractivity contribution in [2.45, 2.75) is 19.9 Å². The van der Waals surface area contributed by atoms with Crippen LogP contribution in [0.5, 0.6) is 5.75 Å². The molecule has 3 heterocycles. The number of methoxy groups -OCH3 is 1. The van der Waals surface area contributed by atoms with Gasteiger partial charge in [0.25, 0.3) is 17.4 Å². The number of para-hydroxylation sites is 2. The first-order chi connectivity index (χ1) is 20.4. The number of carbonyl (C=O) groups excluding carboxylic acids is 2. The number of hydrogen-bond acceptors (Lipinski definition) is 7. The van der Waals surface area contributed by atoms with E-state index in [2.05, 4.69) is 15.4 Å². The average Bonchev–Trinajstić information content (AvgIpc) is 3.47. The predicted molar refractivity (Wildman–Crippen MR) is 163 cm³/mol. The van der Waals surface area contributed by atoms with Gasteiger partial charge in [0, 0.05) is 5.69 Å². The lowest BCUT2D eigenvalue weighted by atomic mass is 9.95. The van der Waals surface area contributed by atoms with Crippen LogP contribution < -0.4 is 30.0 Å². The van der Waals surface area contributed by atoms with Crippen LogP contribution in [-0.4, -0.2) is 29.2 Å². The van der Waals surface area contributed by atoms with E-state index in [-0.39, 0.29) is 17.4 Å². The molecule has 0 unspecified atom stereocenters. The summed E-state index contributed by atoms with van der Waals surface area (Å²) >= 11 is 1.19. The molecule has 4 aromatic rings. The van der Waals surface area contributed by atoms with Gasteiger partial charge in [0.05, 0.1) is 40.4 Å². The van der Waals surface area contributed by atoms with Crippen LogP contribution in [0.2, 0.25) is 0 Å². The van der Waals surface area contributed by atoms with Gasteiger partial charge in [-0.1, -0.05) is 59.9 Å². The number of rotatable bonds is 6. The van der Waals surface area contributed by atoms with Gasteiger partial charge < -0.3 is 10.1 Å². The first-order valence-corrected chi connectivity index (χ1v) is 14.1. The summed E-state index contributed by atoms with van der Waals surface area (Å²) in [5.41, 5.74) is 3.05. The summed E-state index contributed by atoms with van der Waals surface area (Å²) in [4.78, 5) is 46.3.